The van der Waals surface area contributed by atoms with E-state index in [-0.39, 0.29) is 36.0 Å². The average molecular weight is 324 g/mol. The third-order valence-electron chi connectivity index (χ3n) is 3.98. The second kappa shape index (κ2) is 6.54. The highest BCUT2D eigenvalue weighted by molar-refractivity contribution is 6.05. The highest BCUT2D eigenvalue weighted by Gasteiger charge is 2.35. The molecule has 0 aliphatic carbocycles. The van der Waals surface area contributed by atoms with Gasteiger partial charge in [-0.05, 0) is 24.3 Å². The largest absolute Gasteiger partial charge is 0.478 e. The number of rotatable bonds is 4. The maximum Gasteiger partial charge on any atom is 0.337 e. The van der Waals surface area contributed by atoms with Crippen LogP contribution in [0.2, 0.25) is 0 Å². The number of hydrogen-bond donors (Lipinski definition) is 2. The molecule has 2 N–H and O–H groups in total. The minimum Gasteiger partial charge on any atom is -0.478 e. The van der Waals surface area contributed by atoms with Crippen molar-refractivity contribution >= 4 is 29.2 Å². The van der Waals surface area contributed by atoms with Gasteiger partial charge in [-0.15, -0.1) is 0 Å². The van der Waals surface area contributed by atoms with Crippen molar-refractivity contribution in [2.45, 2.75) is 6.42 Å². The Morgan fingerprint density at radius 2 is 1.71 bits per heavy atom. The average Bonchev–Trinajstić information content (AvgIpc) is 2.98. The van der Waals surface area contributed by atoms with E-state index in [0.717, 1.165) is 5.69 Å². The van der Waals surface area contributed by atoms with E-state index >= 15 is 0 Å². The van der Waals surface area contributed by atoms with Gasteiger partial charge in [-0.3, -0.25) is 9.59 Å². The zero-order chi connectivity index (χ0) is 17.1. The lowest BCUT2D eigenvalue weighted by Gasteiger charge is -2.16. The first kappa shape index (κ1) is 15.7. The molecule has 0 radical (unpaired) electrons. The number of nitrogens with zero attached hydrogens (tertiary/aromatic N) is 1. The Balaban J connectivity index is 1.73. The van der Waals surface area contributed by atoms with Crippen molar-refractivity contribution in [3.8, 4) is 0 Å². The molecule has 3 rings (SSSR count). The highest BCUT2D eigenvalue weighted by Crippen LogP contribution is 2.26. The van der Waals surface area contributed by atoms with E-state index in [2.05, 4.69) is 5.32 Å². The van der Waals surface area contributed by atoms with Crippen LogP contribution in [0.15, 0.2) is 54.6 Å². The van der Waals surface area contributed by atoms with Crippen LogP contribution in [0.1, 0.15) is 16.8 Å². The molecule has 2 aromatic carbocycles. The molecule has 1 saturated heterocycles. The van der Waals surface area contributed by atoms with E-state index in [1.54, 1.807) is 17.0 Å². The van der Waals surface area contributed by atoms with Crippen LogP contribution < -0.4 is 10.2 Å². The molecule has 1 aliphatic heterocycles. The van der Waals surface area contributed by atoms with Gasteiger partial charge in [0.15, 0.2) is 0 Å². The van der Waals surface area contributed by atoms with Crippen molar-refractivity contribution in [3.63, 3.8) is 0 Å². The molecular formula is C18H16N2O4. The minimum atomic E-state index is -1.11. The van der Waals surface area contributed by atoms with E-state index in [1.807, 2.05) is 30.3 Å². The molecule has 0 saturated carbocycles. The number of amides is 2. The fraction of sp³-hybridized carbons (Fsp3) is 0.167. The zero-order valence-corrected chi connectivity index (χ0v) is 12.8. The van der Waals surface area contributed by atoms with Crippen LogP contribution in [0, 0.1) is 5.92 Å². The fourth-order valence-corrected chi connectivity index (χ4v) is 2.75. The molecule has 1 atom stereocenters. The number of para-hydroxylation sites is 2. The van der Waals surface area contributed by atoms with Gasteiger partial charge in [-0.2, -0.15) is 0 Å². The number of benzene rings is 2. The molecule has 1 heterocycles. The monoisotopic (exact) mass is 324 g/mol. The molecule has 1 aliphatic rings. The van der Waals surface area contributed by atoms with Crippen LogP contribution in [0.5, 0.6) is 0 Å². The maximum absolute atomic E-state index is 12.4. The van der Waals surface area contributed by atoms with Gasteiger partial charge in [0, 0.05) is 18.7 Å². The van der Waals surface area contributed by atoms with Gasteiger partial charge in [-0.1, -0.05) is 30.3 Å². The maximum atomic E-state index is 12.4. The van der Waals surface area contributed by atoms with E-state index < -0.39 is 11.9 Å². The highest BCUT2D eigenvalue weighted by atomic mass is 16.4. The molecular weight excluding hydrogens is 308 g/mol. The molecule has 122 valence electrons. The standard InChI is InChI=1S/C18H16N2O4/c21-16-10-12(11-20(16)13-6-2-1-3-7-13)17(22)19-15-9-5-4-8-14(15)18(23)24/h1-9,12H,10-11H2,(H,19,22)(H,23,24)/t12-/m0/s1. The number of carboxylic acid groups (broad SMARTS) is 1. The van der Waals surface area contributed by atoms with Gasteiger partial charge in [0.05, 0.1) is 17.2 Å². The minimum absolute atomic E-state index is 0.0232. The SMILES string of the molecule is O=C(O)c1ccccc1NC(=O)[C@H]1CC(=O)N(c2ccccc2)C1. The predicted molar refractivity (Wildman–Crippen MR) is 88.9 cm³/mol. The third kappa shape index (κ3) is 3.12. The number of anilines is 2. The molecule has 6 nitrogen and oxygen atoms in total. The van der Waals surface area contributed by atoms with Crippen molar-refractivity contribution in [3.05, 3.63) is 60.2 Å². The molecule has 2 amide bonds. The third-order valence-corrected chi connectivity index (χ3v) is 3.98. The molecule has 1 fully saturated rings. The molecule has 0 unspecified atom stereocenters. The normalized spacial score (nSPS) is 16.9. The number of carboxylic acids is 1. The van der Waals surface area contributed by atoms with Gasteiger partial charge in [0.1, 0.15) is 0 Å². The first-order valence-electron chi connectivity index (χ1n) is 7.55. The number of carbonyl (C=O) groups is 3. The van der Waals surface area contributed by atoms with Gasteiger partial charge in [0.25, 0.3) is 0 Å². The molecule has 0 spiro atoms. The summed E-state index contributed by atoms with van der Waals surface area (Å²) in [5.74, 6) is -2.10. The number of aromatic carboxylic acids is 1. The van der Waals surface area contributed by atoms with E-state index in [1.165, 1.54) is 12.1 Å². The van der Waals surface area contributed by atoms with Crippen LogP contribution in [-0.4, -0.2) is 29.4 Å². The van der Waals surface area contributed by atoms with E-state index in [4.69, 9.17) is 5.11 Å². The zero-order valence-electron chi connectivity index (χ0n) is 12.8. The Morgan fingerprint density at radius 1 is 1.04 bits per heavy atom. The fourth-order valence-electron chi connectivity index (χ4n) is 2.75. The predicted octanol–water partition coefficient (Wildman–Crippen LogP) is 2.38. The second-order valence-electron chi connectivity index (χ2n) is 5.58. The molecule has 0 bridgehead atoms. The van der Waals surface area contributed by atoms with Crippen LogP contribution >= 0.6 is 0 Å². The Kier molecular flexibility index (Phi) is 4.29. The lowest BCUT2D eigenvalue weighted by Crippen LogP contribution is -2.28. The van der Waals surface area contributed by atoms with Crippen molar-refractivity contribution in [1.29, 1.82) is 0 Å². The summed E-state index contributed by atoms with van der Waals surface area (Å²) in [5.41, 5.74) is 1.01. The summed E-state index contributed by atoms with van der Waals surface area (Å²) in [6, 6.07) is 15.4. The first-order chi connectivity index (χ1) is 11.6. The van der Waals surface area contributed by atoms with E-state index in [0.29, 0.717) is 0 Å². The second-order valence-corrected chi connectivity index (χ2v) is 5.58. The number of hydrogen-bond acceptors (Lipinski definition) is 3. The topological polar surface area (TPSA) is 86.7 Å². The van der Waals surface area contributed by atoms with Crippen molar-refractivity contribution in [2.24, 2.45) is 5.92 Å². The van der Waals surface area contributed by atoms with E-state index in [9.17, 15) is 14.4 Å². The molecule has 24 heavy (non-hydrogen) atoms. The van der Waals surface area contributed by atoms with Crippen LogP contribution in [-0.2, 0) is 9.59 Å². The van der Waals surface area contributed by atoms with Gasteiger partial charge >= 0.3 is 5.97 Å². The summed E-state index contributed by atoms with van der Waals surface area (Å²) in [7, 11) is 0. The first-order valence-corrected chi connectivity index (χ1v) is 7.55. The Labute approximate surface area is 138 Å². The van der Waals surface area contributed by atoms with Gasteiger partial charge in [-0.25, -0.2) is 4.79 Å². The lowest BCUT2D eigenvalue weighted by molar-refractivity contribution is -0.122. The molecule has 0 aromatic heterocycles. The molecule has 2 aromatic rings. The summed E-state index contributed by atoms with van der Waals surface area (Å²) in [4.78, 5) is 37.4. The van der Waals surface area contributed by atoms with Crippen molar-refractivity contribution in [1.82, 2.24) is 0 Å². The van der Waals surface area contributed by atoms with Crippen LogP contribution in [0.25, 0.3) is 0 Å². The summed E-state index contributed by atoms with van der Waals surface area (Å²) < 4.78 is 0. The summed E-state index contributed by atoms with van der Waals surface area (Å²) in [5, 5.41) is 11.8. The number of carbonyl (C=O) groups excluding carboxylic acids is 2. The van der Waals surface area contributed by atoms with Gasteiger partial charge in [0.2, 0.25) is 11.8 Å². The van der Waals surface area contributed by atoms with Crippen molar-refractivity contribution < 1.29 is 19.5 Å². The smallest absolute Gasteiger partial charge is 0.337 e. The van der Waals surface area contributed by atoms with Crippen LogP contribution in [0.3, 0.4) is 0 Å². The summed E-state index contributed by atoms with van der Waals surface area (Å²) in [6.45, 7) is 0.282. The van der Waals surface area contributed by atoms with Crippen LogP contribution in [0.4, 0.5) is 11.4 Å². The lowest BCUT2D eigenvalue weighted by atomic mass is 10.1. The summed E-state index contributed by atoms with van der Waals surface area (Å²) in [6.07, 6.45) is 0.107. The summed E-state index contributed by atoms with van der Waals surface area (Å²) >= 11 is 0. The number of nitrogens with one attached hydrogen (secondary N) is 1. The van der Waals surface area contributed by atoms with Gasteiger partial charge < -0.3 is 15.3 Å². The Hall–Kier alpha value is -3.15. The Morgan fingerprint density at radius 3 is 2.42 bits per heavy atom. The quantitative estimate of drug-likeness (QED) is 0.904. The Bertz CT molecular complexity index is 789. The molecule has 6 heteroatoms. The van der Waals surface area contributed by atoms with Crippen molar-refractivity contribution in [2.75, 3.05) is 16.8 Å².